The van der Waals surface area contributed by atoms with Crippen molar-refractivity contribution in [2.75, 3.05) is 20.8 Å². The van der Waals surface area contributed by atoms with Crippen LogP contribution in [0.3, 0.4) is 0 Å². The number of hydrogen-bond donors (Lipinski definition) is 0. The molecule has 0 aliphatic carbocycles. The lowest BCUT2D eigenvalue weighted by Crippen LogP contribution is -2.02. The summed E-state index contributed by atoms with van der Waals surface area (Å²) in [6, 6.07) is 9.39. The average molecular weight is 328 g/mol. The first-order chi connectivity index (χ1) is 11.6. The van der Waals surface area contributed by atoms with E-state index < -0.39 is 5.82 Å². The minimum absolute atomic E-state index is 0.225. The molecule has 4 nitrogen and oxygen atoms in total. The number of carbonyl (C=O) groups excluding carboxylic acids is 1. The number of ketones is 1. The molecule has 1 aliphatic rings. The Morgan fingerprint density at radius 2 is 1.88 bits per heavy atom. The van der Waals surface area contributed by atoms with E-state index in [1.165, 1.54) is 18.2 Å². The van der Waals surface area contributed by atoms with Gasteiger partial charge in [0, 0.05) is 12.0 Å². The maximum atomic E-state index is 13.5. The van der Waals surface area contributed by atoms with E-state index in [-0.39, 0.29) is 11.3 Å². The van der Waals surface area contributed by atoms with Crippen molar-refractivity contribution in [1.82, 2.24) is 0 Å². The molecule has 0 unspecified atom stereocenters. The quantitative estimate of drug-likeness (QED) is 0.802. The highest BCUT2D eigenvalue weighted by molar-refractivity contribution is 6.13. The number of methoxy groups -OCH3 is 2. The first kappa shape index (κ1) is 16.1. The highest BCUT2D eigenvalue weighted by Crippen LogP contribution is 2.31. The molecule has 0 atom stereocenters. The molecule has 2 aromatic carbocycles. The monoisotopic (exact) mass is 328 g/mol. The zero-order chi connectivity index (χ0) is 17.1. The van der Waals surface area contributed by atoms with Crippen LogP contribution in [-0.2, 0) is 0 Å². The average Bonchev–Trinajstić information content (AvgIpc) is 2.74. The lowest BCUT2D eigenvalue weighted by molar-refractivity contribution is 0.103. The number of rotatable bonds is 3. The van der Waals surface area contributed by atoms with Crippen LogP contribution < -0.4 is 14.2 Å². The highest BCUT2D eigenvalue weighted by Gasteiger charge is 2.22. The molecule has 0 saturated carbocycles. The molecule has 5 heteroatoms. The Morgan fingerprint density at radius 3 is 2.62 bits per heavy atom. The maximum Gasteiger partial charge on any atom is 0.192 e. The molecule has 0 amide bonds. The van der Waals surface area contributed by atoms with E-state index in [0.29, 0.717) is 35.8 Å². The zero-order valence-electron chi connectivity index (χ0n) is 13.5. The minimum Gasteiger partial charge on any atom is -0.493 e. The molecule has 0 aromatic heterocycles. The van der Waals surface area contributed by atoms with Crippen LogP contribution in [0, 0.1) is 5.82 Å². The fraction of sp³-hybridized carbons (Fsp3) is 0.211. The summed E-state index contributed by atoms with van der Waals surface area (Å²) in [7, 11) is 3.12. The van der Waals surface area contributed by atoms with Crippen LogP contribution >= 0.6 is 0 Å². The molecular weight excluding hydrogens is 311 g/mol. The maximum absolute atomic E-state index is 13.5. The molecule has 2 aromatic rings. The first-order valence-electron chi connectivity index (χ1n) is 7.52. The van der Waals surface area contributed by atoms with Gasteiger partial charge in [0.05, 0.1) is 26.4 Å². The summed E-state index contributed by atoms with van der Waals surface area (Å²) in [4.78, 5) is 12.7. The molecule has 124 valence electrons. The largest absolute Gasteiger partial charge is 0.493 e. The molecule has 24 heavy (non-hydrogen) atoms. The van der Waals surface area contributed by atoms with E-state index >= 15 is 0 Å². The second-order valence-corrected chi connectivity index (χ2v) is 5.35. The molecule has 0 fully saturated rings. The number of carbonyl (C=O) groups is 1. The van der Waals surface area contributed by atoms with Crippen LogP contribution in [0.5, 0.6) is 17.2 Å². The van der Waals surface area contributed by atoms with Gasteiger partial charge in [0.1, 0.15) is 11.6 Å². The number of benzene rings is 2. The van der Waals surface area contributed by atoms with Gasteiger partial charge >= 0.3 is 0 Å². The Morgan fingerprint density at radius 1 is 1.08 bits per heavy atom. The SMILES string of the molecule is COc1ccc(/C=C2/CCOc3ccc(F)cc3C2=O)cc1OC. The Labute approximate surface area is 139 Å². The van der Waals surface area contributed by atoms with Crippen LogP contribution in [0.2, 0.25) is 0 Å². The standard InChI is InChI=1S/C19H17FO4/c1-22-17-5-3-12(10-18(17)23-2)9-13-7-8-24-16-6-4-14(20)11-15(16)19(13)21/h3-6,9-11H,7-8H2,1-2H3/b13-9-. The van der Waals surface area contributed by atoms with Crippen molar-refractivity contribution < 1.29 is 23.4 Å². The van der Waals surface area contributed by atoms with E-state index in [9.17, 15) is 9.18 Å². The van der Waals surface area contributed by atoms with Gasteiger partial charge < -0.3 is 14.2 Å². The summed E-state index contributed by atoms with van der Waals surface area (Å²) in [5.74, 6) is 0.921. The van der Waals surface area contributed by atoms with E-state index in [1.54, 1.807) is 32.4 Å². The second-order valence-electron chi connectivity index (χ2n) is 5.35. The topological polar surface area (TPSA) is 44.8 Å². The van der Waals surface area contributed by atoms with Gasteiger partial charge in [-0.2, -0.15) is 0 Å². The Hall–Kier alpha value is -2.82. The predicted octanol–water partition coefficient (Wildman–Crippen LogP) is 3.89. The summed E-state index contributed by atoms with van der Waals surface area (Å²) in [5.41, 5.74) is 1.61. The molecule has 0 spiro atoms. The summed E-state index contributed by atoms with van der Waals surface area (Å²) < 4.78 is 29.5. The van der Waals surface area contributed by atoms with Gasteiger partial charge in [0.2, 0.25) is 0 Å². The molecule has 0 radical (unpaired) electrons. The van der Waals surface area contributed by atoms with Crippen LogP contribution in [0.1, 0.15) is 22.3 Å². The minimum atomic E-state index is -0.460. The smallest absolute Gasteiger partial charge is 0.192 e. The lowest BCUT2D eigenvalue weighted by atomic mass is 9.99. The van der Waals surface area contributed by atoms with Crippen molar-refractivity contribution in [3.63, 3.8) is 0 Å². The number of hydrogen-bond acceptors (Lipinski definition) is 4. The van der Waals surface area contributed by atoms with Crippen molar-refractivity contribution in [1.29, 1.82) is 0 Å². The summed E-state index contributed by atoms with van der Waals surface area (Å²) in [5, 5.41) is 0. The molecule has 0 bridgehead atoms. The van der Waals surface area contributed by atoms with Crippen molar-refractivity contribution in [2.45, 2.75) is 6.42 Å². The number of halogens is 1. The van der Waals surface area contributed by atoms with Gasteiger partial charge in [-0.3, -0.25) is 4.79 Å². The van der Waals surface area contributed by atoms with Gasteiger partial charge in [-0.15, -0.1) is 0 Å². The zero-order valence-corrected chi connectivity index (χ0v) is 13.5. The second kappa shape index (κ2) is 6.74. The normalized spacial score (nSPS) is 15.5. The van der Waals surface area contributed by atoms with E-state index in [1.807, 2.05) is 6.07 Å². The Balaban J connectivity index is 1.99. The highest BCUT2D eigenvalue weighted by atomic mass is 19.1. The fourth-order valence-electron chi connectivity index (χ4n) is 2.64. The van der Waals surface area contributed by atoms with Gasteiger partial charge in [0.15, 0.2) is 17.3 Å². The molecule has 1 heterocycles. The fourth-order valence-corrected chi connectivity index (χ4v) is 2.64. The third-order valence-electron chi connectivity index (χ3n) is 3.86. The third-order valence-corrected chi connectivity index (χ3v) is 3.86. The Bertz CT molecular complexity index is 811. The van der Waals surface area contributed by atoms with Crippen LogP contribution in [0.15, 0.2) is 42.0 Å². The van der Waals surface area contributed by atoms with Crippen molar-refractivity contribution in [2.24, 2.45) is 0 Å². The number of fused-ring (bicyclic) bond motifs is 1. The van der Waals surface area contributed by atoms with Crippen molar-refractivity contribution >= 4 is 11.9 Å². The van der Waals surface area contributed by atoms with Crippen LogP contribution in [-0.4, -0.2) is 26.6 Å². The third kappa shape index (κ3) is 3.11. The lowest BCUT2D eigenvalue weighted by Gasteiger charge is -2.08. The van der Waals surface area contributed by atoms with Gasteiger partial charge in [-0.1, -0.05) is 6.07 Å². The Kier molecular flexibility index (Phi) is 4.51. The van der Waals surface area contributed by atoms with E-state index in [4.69, 9.17) is 14.2 Å². The van der Waals surface area contributed by atoms with Crippen LogP contribution in [0.25, 0.3) is 6.08 Å². The molecule has 0 N–H and O–H groups in total. The van der Waals surface area contributed by atoms with Gasteiger partial charge in [-0.05, 0) is 42.0 Å². The molecule has 1 aliphatic heterocycles. The molecular formula is C19H17FO4. The number of ether oxygens (including phenoxy) is 3. The molecule has 0 saturated heterocycles. The van der Waals surface area contributed by atoms with Crippen molar-refractivity contribution in [3.05, 3.63) is 58.9 Å². The first-order valence-corrected chi connectivity index (χ1v) is 7.52. The summed E-state index contributed by atoms with van der Waals surface area (Å²) in [6.45, 7) is 0.365. The molecule has 3 rings (SSSR count). The number of Topliss-reactive ketones (excluding diaryl/α,β-unsaturated/α-hetero) is 1. The van der Waals surface area contributed by atoms with Gasteiger partial charge in [-0.25, -0.2) is 4.39 Å². The van der Waals surface area contributed by atoms with E-state index in [0.717, 1.165) is 5.56 Å². The summed E-state index contributed by atoms with van der Waals surface area (Å²) >= 11 is 0. The predicted molar refractivity (Wildman–Crippen MR) is 88.4 cm³/mol. The van der Waals surface area contributed by atoms with Crippen LogP contribution in [0.4, 0.5) is 4.39 Å². The summed E-state index contributed by atoms with van der Waals surface area (Å²) in [6.07, 6.45) is 2.22. The van der Waals surface area contributed by atoms with Gasteiger partial charge in [0.25, 0.3) is 0 Å². The van der Waals surface area contributed by atoms with E-state index in [2.05, 4.69) is 0 Å². The van der Waals surface area contributed by atoms with Crippen molar-refractivity contribution in [3.8, 4) is 17.2 Å².